The average Bonchev–Trinajstić information content (AvgIpc) is 2.60. The molecule has 1 amide bonds. The van der Waals surface area contributed by atoms with Gasteiger partial charge in [-0.05, 0) is 41.5 Å². The molecule has 0 atom stereocenters. The molecule has 126 valence electrons. The first-order chi connectivity index (χ1) is 11.6. The smallest absolute Gasteiger partial charge is 0.242 e. The predicted octanol–water partition coefficient (Wildman–Crippen LogP) is 2.07. The van der Waals surface area contributed by atoms with Crippen molar-refractivity contribution < 1.29 is 13.9 Å². The Kier molecular flexibility index (Phi) is 6.51. The molecule has 7 heteroatoms. The predicted molar refractivity (Wildman–Crippen MR) is 93.8 cm³/mol. The summed E-state index contributed by atoms with van der Waals surface area (Å²) in [5.41, 5.74) is 6.36. The van der Waals surface area contributed by atoms with Gasteiger partial charge in [0.15, 0.2) is 5.11 Å². The largest absolute Gasteiger partial charge is 0.497 e. The average molecular weight is 347 g/mol. The van der Waals surface area contributed by atoms with Gasteiger partial charge in [-0.15, -0.1) is 0 Å². The molecule has 0 aliphatic rings. The third-order valence-corrected chi connectivity index (χ3v) is 3.48. The van der Waals surface area contributed by atoms with Crippen molar-refractivity contribution >= 4 is 23.2 Å². The lowest BCUT2D eigenvalue weighted by Gasteiger charge is -2.12. The SMILES string of the molecule is COc1ccc(CNC(=S)NNC(=O)Cc2ccccc2F)cc1. The van der Waals surface area contributed by atoms with Crippen LogP contribution in [0, 0.1) is 5.82 Å². The summed E-state index contributed by atoms with van der Waals surface area (Å²) >= 11 is 5.07. The van der Waals surface area contributed by atoms with Gasteiger partial charge >= 0.3 is 0 Å². The molecule has 0 aliphatic heterocycles. The van der Waals surface area contributed by atoms with E-state index >= 15 is 0 Å². The number of thiocarbonyl (C=S) groups is 1. The molecule has 0 aromatic heterocycles. The zero-order valence-corrected chi connectivity index (χ0v) is 14.0. The van der Waals surface area contributed by atoms with E-state index in [0.717, 1.165) is 11.3 Å². The third kappa shape index (κ3) is 5.51. The molecule has 5 nitrogen and oxygen atoms in total. The van der Waals surface area contributed by atoms with Crippen LogP contribution >= 0.6 is 12.2 Å². The number of hydrogen-bond acceptors (Lipinski definition) is 3. The molecule has 2 rings (SSSR count). The molecule has 0 fully saturated rings. The number of hydrogen-bond donors (Lipinski definition) is 3. The zero-order valence-electron chi connectivity index (χ0n) is 13.1. The number of benzene rings is 2. The molecule has 0 unspecified atom stereocenters. The van der Waals surface area contributed by atoms with Gasteiger partial charge in [-0.25, -0.2) is 4.39 Å². The summed E-state index contributed by atoms with van der Waals surface area (Å²) < 4.78 is 18.5. The van der Waals surface area contributed by atoms with E-state index in [-0.39, 0.29) is 17.4 Å². The Bertz CT molecular complexity index is 707. The number of halogens is 1. The second-order valence-corrected chi connectivity index (χ2v) is 5.38. The van der Waals surface area contributed by atoms with Crippen molar-refractivity contribution in [2.45, 2.75) is 13.0 Å². The van der Waals surface area contributed by atoms with E-state index < -0.39 is 5.82 Å². The number of carbonyl (C=O) groups excluding carboxylic acids is 1. The first-order valence-corrected chi connectivity index (χ1v) is 7.68. The van der Waals surface area contributed by atoms with Crippen molar-refractivity contribution in [2.75, 3.05) is 7.11 Å². The molecule has 0 heterocycles. The van der Waals surface area contributed by atoms with E-state index in [1.54, 1.807) is 25.3 Å². The fourth-order valence-electron chi connectivity index (χ4n) is 1.96. The number of ether oxygens (including phenoxy) is 1. The molecule has 2 aromatic rings. The van der Waals surface area contributed by atoms with Gasteiger partial charge in [0.25, 0.3) is 0 Å². The van der Waals surface area contributed by atoms with Crippen LogP contribution in [-0.2, 0) is 17.8 Å². The highest BCUT2D eigenvalue weighted by Gasteiger charge is 2.07. The molecule has 0 spiro atoms. The van der Waals surface area contributed by atoms with Crippen LogP contribution in [0.25, 0.3) is 0 Å². The normalized spacial score (nSPS) is 9.92. The van der Waals surface area contributed by atoms with Crippen LogP contribution in [-0.4, -0.2) is 18.1 Å². The second-order valence-electron chi connectivity index (χ2n) is 4.97. The minimum Gasteiger partial charge on any atom is -0.497 e. The number of carbonyl (C=O) groups is 1. The Hall–Kier alpha value is -2.67. The molecule has 0 saturated carbocycles. The fraction of sp³-hybridized carbons (Fsp3) is 0.176. The lowest BCUT2D eigenvalue weighted by molar-refractivity contribution is -0.121. The van der Waals surface area contributed by atoms with Crippen molar-refractivity contribution in [3.63, 3.8) is 0 Å². The molecule has 0 radical (unpaired) electrons. The van der Waals surface area contributed by atoms with Gasteiger partial charge in [0.1, 0.15) is 11.6 Å². The Labute approximate surface area is 145 Å². The Balaban J connectivity index is 1.72. The van der Waals surface area contributed by atoms with Crippen LogP contribution in [0.4, 0.5) is 4.39 Å². The Morgan fingerprint density at radius 1 is 1.12 bits per heavy atom. The van der Waals surface area contributed by atoms with Crippen molar-refractivity contribution in [3.8, 4) is 5.75 Å². The molecular weight excluding hydrogens is 329 g/mol. The van der Waals surface area contributed by atoms with Gasteiger partial charge in [-0.1, -0.05) is 30.3 Å². The topological polar surface area (TPSA) is 62.4 Å². The number of nitrogens with one attached hydrogen (secondary N) is 3. The molecule has 0 saturated heterocycles. The highest BCUT2D eigenvalue weighted by atomic mass is 32.1. The first-order valence-electron chi connectivity index (χ1n) is 7.27. The van der Waals surface area contributed by atoms with Crippen molar-refractivity contribution in [1.82, 2.24) is 16.2 Å². The molecule has 0 aliphatic carbocycles. The molecule has 2 aromatic carbocycles. The highest BCUT2D eigenvalue weighted by molar-refractivity contribution is 7.80. The van der Waals surface area contributed by atoms with Gasteiger partial charge < -0.3 is 10.1 Å². The van der Waals surface area contributed by atoms with Crippen LogP contribution in [0.2, 0.25) is 0 Å². The highest BCUT2D eigenvalue weighted by Crippen LogP contribution is 2.10. The summed E-state index contributed by atoms with van der Waals surface area (Å²) in [7, 11) is 1.61. The second kappa shape index (κ2) is 8.83. The fourth-order valence-corrected chi connectivity index (χ4v) is 2.08. The van der Waals surface area contributed by atoms with Gasteiger partial charge in [-0.3, -0.25) is 15.6 Å². The maximum atomic E-state index is 13.5. The summed E-state index contributed by atoms with van der Waals surface area (Å²) in [4.78, 5) is 11.8. The van der Waals surface area contributed by atoms with Crippen LogP contribution in [0.15, 0.2) is 48.5 Å². The number of rotatable bonds is 5. The number of hydrazine groups is 1. The van der Waals surface area contributed by atoms with E-state index in [0.29, 0.717) is 12.1 Å². The van der Waals surface area contributed by atoms with Crippen molar-refractivity contribution in [1.29, 1.82) is 0 Å². The minimum atomic E-state index is -0.409. The van der Waals surface area contributed by atoms with Crippen LogP contribution < -0.4 is 20.9 Å². The quantitative estimate of drug-likeness (QED) is 0.571. The maximum Gasteiger partial charge on any atom is 0.242 e. The van der Waals surface area contributed by atoms with Gasteiger partial charge in [0.05, 0.1) is 13.5 Å². The third-order valence-electron chi connectivity index (χ3n) is 3.24. The number of methoxy groups -OCH3 is 1. The van der Waals surface area contributed by atoms with Gasteiger partial charge in [0.2, 0.25) is 5.91 Å². The zero-order chi connectivity index (χ0) is 17.4. The van der Waals surface area contributed by atoms with Crippen molar-refractivity contribution in [3.05, 3.63) is 65.5 Å². The summed E-state index contributed by atoms with van der Waals surface area (Å²) in [6.45, 7) is 0.499. The van der Waals surface area contributed by atoms with E-state index in [9.17, 15) is 9.18 Å². The van der Waals surface area contributed by atoms with E-state index in [4.69, 9.17) is 17.0 Å². The van der Waals surface area contributed by atoms with E-state index in [1.807, 2.05) is 24.3 Å². The van der Waals surface area contributed by atoms with E-state index in [2.05, 4.69) is 16.2 Å². The maximum absolute atomic E-state index is 13.5. The van der Waals surface area contributed by atoms with Crippen LogP contribution in [0.1, 0.15) is 11.1 Å². The standard InChI is InChI=1S/C17H18FN3O2S/c1-23-14-8-6-12(7-9-14)11-19-17(24)21-20-16(22)10-13-4-2-3-5-15(13)18/h2-9H,10-11H2,1H3,(H,20,22)(H2,19,21,24). The Morgan fingerprint density at radius 3 is 2.50 bits per heavy atom. The molecular formula is C17H18FN3O2S. The molecule has 0 bridgehead atoms. The van der Waals surface area contributed by atoms with Crippen LogP contribution in [0.3, 0.4) is 0 Å². The lowest BCUT2D eigenvalue weighted by Crippen LogP contribution is -2.47. The van der Waals surface area contributed by atoms with Crippen molar-refractivity contribution in [2.24, 2.45) is 0 Å². The molecule has 24 heavy (non-hydrogen) atoms. The van der Waals surface area contributed by atoms with E-state index in [1.165, 1.54) is 6.07 Å². The van der Waals surface area contributed by atoms with Crippen LogP contribution in [0.5, 0.6) is 5.75 Å². The van der Waals surface area contributed by atoms with Gasteiger partial charge in [-0.2, -0.15) is 0 Å². The summed E-state index contributed by atoms with van der Waals surface area (Å²) in [6, 6.07) is 13.7. The minimum absolute atomic E-state index is 0.0687. The summed E-state index contributed by atoms with van der Waals surface area (Å²) in [6.07, 6.45) is -0.0687. The lowest BCUT2D eigenvalue weighted by atomic mass is 10.1. The molecule has 3 N–H and O–H groups in total. The Morgan fingerprint density at radius 2 is 1.83 bits per heavy atom. The monoisotopic (exact) mass is 347 g/mol. The number of amides is 1. The summed E-state index contributed by atoms with van der Waals surface area (Å²) in [5, 5.41) is 3.23. The van der Waals surface area contributed by atoms with Gasteiger partial charge in [0, 0.05) is 6.54 Å². The first kappa shape index (κ1) is 17.7. The summed E-state index contributed by atoms with van der Waals surface area (Å²) in [5.74, 6) is -0.0126.